The highest BCUT2D eigenvalue weighted by atomic mass is 32.2. The molecule has 1 aromatic carbocycles. The Balaban J connectivity index is 1.42. The van der Waals surface area contributed by atoms with Crippen LogP contribution in [0, 0.1) is 24.7 Å². The average molecular weight is 441 g/mol. The van der Waals surface area contributed by atoms with Crippen molar-refractivity contribution in [3.05, 3.63) is 35.4 Å². The van der Waals surface area contributed by atoms with E-state index in [2.05, 4.69) is 9.50 Å². The summed E-state index contributed by atoms with van der Waals surface area (Å²) >= 11 is 0. The molecule has 0 aromatic heterocycles. The SMILES string of the molecule is Cc1ccc(C(=O)COS(=O)(=O)C(F)(F)C(=O)NC23CC4CC(CC(C4)C2)C3)cc1. The molecular formula is C21H25F2NO5S. The number of carbonyl (C=O) groups excluding carboxylic acids is 2. The summed E-state index contributed by atoms with van der Waals surface area (Å²) in [6.45, 7) is 0.712. The molecular weight excluding hydrogens is 416 g/mol. The molecule has 4 fully saturated rings. The fraction of sp³-hybridized carbons (Fsp3) is 0.619. The van der Waals surface area contributed by atoms with Crippen LogP contribution in [-0.2, 0) is 19.1 Å². The second kappa shape index (κ2) is 7.37. The van der Waals surface area contributed by atoms with Crippen molar-refractivity contribution >= 4 is 21.8 Å². The van der Waals surface area contributed by atoms with Crippen LogP contribution in [-0.4, -0.2) is 37.5 Å². The summed E-state index contributed by atoms with van der Waals surface area (Å²) in [7, 11) is -5.62. The first-order valence-corrected chi connectivity index (χ1v) is 11.6. The third kappa shape index (κ3) is 3.89. The number of hydrogen-bond acceptors (Lipinski definition) is 5. The first-order chi connectivity index (χ1) is 14.0. The first-order valence-electron chi connectivity index (χ1n) is 10.2. The molecule has 4 bridgehead atoms. The third-order valence-electron chi connectivity index (χ3n) is 6.71. The van der Waals surface area contributed by atoms with Crippen molar-refractivity contribution in [1.82, 2.24) is 5.32 Å². The van der Waals surface area contributed by atoms with Crippen molar-refractivity contribution in [3.63, 3.8) is 0 Å². The number of halogens is 2. The highest BCUT2D eigenvalue weighted by Gasteiger charge is 2.58. The Morgan fingerprint density at radius 1 is 1.07 bits per heavy atom. The topological polar surface area (TPSA) is 89.5 Å². The molecule has 9 heteroatoms. The van der Waals surface area contributed by atoms with Gasteiger partial charge in [-0.2, -0.15) is 17.2 Å². The van der Waals surface area contributed by atoms with Crippen LogP contribution in [0.3, 0.4) is 0 Å². The molecule has 0 atom stereocenters. The van der Waals surface area contributed by atoms with E-state index in [4.69, 9.17) is 0 Å². The van der Waals surface area contributed by atoms with Gasteiger partial charge in [-0.05, 0) is 63.2 Å². The Bertz CT molecular complexity index is 923. The van der Waals surface area contributed by atoms with Gasteiger partial charge in [-0.3, -0.25) is 13.8 Å². The van der Waals surface area contributed by atoms with Gasteiger partial charge in [0.25, 0.3) is 0 Å². The molecule has 1 aromatic rings. The molecule has 4 aliphatic rings. The van der Waals surface area contributed by atoms with E-state index in [-0.39, 0.29) is 5.56 Å². The van der Waals surface area contributed by atoms with Gasteiger partial charge < -0.3 is 5.32 Å². The number of hydrogen-bond donors (Lipinski definition) is 1. The molecule has 0 heterocycles. The van der Waals surface area contributed by atoms with Crippen LogP contribution in [0.15, 0.2) is 24.3 Å². The first kappa shape index (κ1) is 21.4. The quantitative estimate of drug-likeness (QED) is 0.519. The summed E-state index contributed by atoms with van der Waals surface area (Å²) in [4.78, 5) is 24.4. The van der Waals surface area contributed by atoms with Crippen LogP contribution in [0.2, 0.25) is 0 Å². The monoisotopic (exact) mass is 441 g/mol. The number of alkyl halides is 2. The molecule has 6 nitrogen and oxygen atoms in total. The highest BCUT2D eigenvalue weighted by Crippen LogP contribution is 2.55. The Morgan fingerprint density at radius 3 is 2.07 bits per heavy atom. The second-order valence-electron chi connectivity index (χ2n) is 9.17. The number of aryl methyl sites for hydroxylation is 1. The molecule has 30 heavy (non-hydrogen) atoms. The largest absolute Gasteiger partial charge is 0.446 e. The van der Waals surface area contributed by atoms with E-state index in [0.717, 1.165) is 24.8 Å². The third-order valence-corrected chi connectivity index (χ3v) is 7.96. The zero-order valence-corrected chi connectivity index (χ0v) is 17.5. The zero-order valence-electron chi connectivity index (χ0n) is 16.7. The standard InChI is InChI=1S/C21H25F2NO5S/c1-13-2-4-17(5-3-13)18(25)12-29-30(27,28)21(22,23)19(26)24-20-9-14-6-15(10-20)8-16(7-14)11-20/h2-5,14-16H,6-12H2,1H3,(H,24,26). The maximum Gasteiger partial charge on any atom is 0.446 e. The molecule has 4 aliphatic carbocycles. The van der Waals surface area contributed by atoms with Crippen LogP contribution in [0.4, 0.5) is 8.78 Å². The summed E-state index contributed by atoms with van der Waals surface area (Å²) < 4.78 is 57.6. The molecule has 0 saturated heterocycles. The number of carbonyl (C=O) groups is 2. The van der Waals surface area contributed by atoms with Crippen molar-refractivity contribution < 1.29 is 31.0 Å². The molecule has 0 radical (unpaired) electrons. The highest BCUT2D eigenvalue weighted by molar-refractivity contribution is 7.88. The lowest BCUT2D eigenvalue weighted by molar-refractivity contribution is -0.142. The van der Waals surface area contributed by atoms with Crippen molar-refractivity contribution in [2.45, 2.75) is 56.2 Å². The maximum atomic E-state index is 14.5. The minimum atomic E-state index is -5.62. The van der Waals surface area contributed by atoms with E-state index in [1.54, 1.807) is 19.1 Å². The summed E-state index contributed by atoms with van der Waals surface area (Å²) in [6.07, 6.45) is 4.96. The minimum absolute atomic E-state index is 0.136. The van der Waals surface area contributed by atoms with Crippen LogP contribution >= 0.6 is 0 Å². The fourth-order valence-electron chi connectivity index (χ4n) is 5.72. The molecule has 1 amide bonds. The van der Waals surface area contributed by atoms with Gasteiger partial charge in [-0.15, -0.1) is 0 Å². The average Bonchev–Trinajstić information content (AvgIpc) is 2.65. The number of nitrogens with one attached hydrogen (secondary N) is 1. The van der Waals surface area contributed by atoms with Crippen molar-refractivity contribution in [3.8, 4) is 0 Å². The number of rotatable bonds is 7. The predicted molar refractivity (Wildman–Crippen MR) is 104 cm³/mol. The normalized spacial score (nSPS) is 30.3. The number of amides is 1. The van der Waals surface area contributed by atoms with Crippen molar-refractivity contribution in [2.75, 3.05) is 6.61 Å². The van der Waals surface area contributed by atoms with Crippen LogP contribution in [0.25, 0.3) is 0 Å². The fourth-order valence-corrected chi connectivity index (χ4v) is 6.41. The van der Waals surface area contributed by atoms with Gasteiger partial charge in [0.15, 0.2) is 5.78 Å². The summed E-state index contributed by atoms with van der Waals surface area (Å²) in [5.74, 6) is -1.46. The number of Topliss-reactive ketones (excluding diaryl/α,β-unsaturated/α-hetero) is 1. The molecule has 0 unspecified atom stereocenters. The van der Waals surface area contributed by atoms with Gasteiger partial charge in [0.2, 0.25) is 0 Å². The van der Waals surface area contributed by atoms with Gasteiger partial charge in [-0.25, -0.2) is 0 Å². The lowest BCUT2D eigenvalue weighted by atomic mass is 9.53. The summed E-state index contributed by atoms with van der Waals surface area (Å²) in [5.41, 5.74) is 0.257. The van der Waals surface area contributed by atoms with E-state index in [1.807, 2.05) is 0 Å². The smallest absolute Gasteiger partial charge is 0.344 e. The summed E-state index contributed by atoms with van der Waals surface area (Å²) in [5, 5.41) is -2.41. The van der Waals surface area contributed by atoms with Crippen LogP contribution in [0.5, 0.6) is 0 Å². The lowest BCUT2D eigenvalue weighted by Gasteiger charge is -2.57. The van der Waals surface area contributed by atoms with Crippen molar-refractivity contribution in [2.24, 2.45) is 17.8 Å². The Morgan fingerprint density at radius 2 is 1.57 bits per heavy atom. The molecule has 0 spiro atoms. The molecule has 5 rings (SSSR count). The van der Waals surface area contributed by atoms with Gasteiger partial charge in [0.05, 0.1) is 0 Å². The van der Waals surface area contributed by atoms with Crippen LogP contribution in [0.1, 0.15) is 54.4 Å². The minimum Gasteiger partial charge on any atom is -0.344 e. The van der Waals surface area contributed by atoms with Gasteiger partial charge in [0, 0.05) is 11.1 Å². The zero-order chi connectivity index (χ0) is 21.7. The summed E-state index contributed by atoms with van der Waals surface area (Å²) in [6, 6.07) is 6.17. The maximum absolute atomic E-state index is 14.5. The van der Waals surface area contributed by atoms with E-state index >= 15 is 0 Å². The Labute approximate surface area is 174 Å². The number of benzene rings is 1. The van der Waals surface area contributed by atoms with Gasteiger partial charge in [0.1, 0.15) is 6.61 Å². The van der Waals surface area contributed by atoms with Gasteiger partial charge >= 0.3 is 21.3 Å². The Hall–Kier alpha value is -1.87. The number of ketones is 1. The molecule has 1 N–H and O–H groups in total. The van der Waals surface area contributed by atoms with E-state index < -0.39 is 39.2 Å². The molecule has 0 aliphatic heterocycles. The second-order valence-corrected chi connectivity index (χ2v) is 10.8. The molecule has 164 valence electrons. The van der Waals surface area contributed by atoms with E-state index in [1.165, 1.54) is 12.1 Å². The van der Waals surface area contributed by atoms with E-state index in [9.17, 15) is 26.8 Å². The van der Waals surface area contributed by atoms with Gasteiger partial charge in [-0.1, -0.05) is 29.8 Å². The van der Waals surface area contributed by atoms with Crippen molar-refractivity contribution in [1.29, 1.82) is 0 Å². The Kier molecular flexibility index (Phi) is 5.25. The van der Waals surface area contributed by atoms with Crippen LogP contribution < -0.4 is 5.32 Å². The predicted octanol–water partition coefficient (Wildman–Crippen LogP) is 3.20. The molecule has 4 saturated carbocycles. The van der Waals surface area contributed by atoms with E-state index in [0.29, 0.717) is 37.0 Å². The lowest BCUT2D eigenvalue weighted by Crippen LogP contribution is -2.63.